The minimum absolute atomic E-state index is 0.0691. The highest BCUT2D eigenvalue weighted by molar-refractivity contribution is 6.90. The summed E-state index contributed by atoms with van der Waals surface area (Å²) in [5, 5.41) is 0.485. The zero-order chi connectivity index (χ0) is 16.4. The molecule has 0 aliphatic rings. The average molecular weight is 364 g/mol. The molecule has 6 heteroatoms. The van der Waals surface area contributed by atoms with Gasteiger partial charge in [-0.25, -0.2) is 9.97 Å². The zero-order valence-electron chi connectivity index (χ0n) is 13.3. The summed E-state index contributed by atoms with van der Waals surface area (Å²) >= 11 is 17.9. The van der Waals surface area contributed by atoms with E-state index in [0.29, 0.717) is 22.3 Å². The molecule has 1 aromatic heterocycles. The highest BCUT2D eigenvalue weighted by Crippen LogP contribution is 2.40. The summed E-state index contributed by atoms with van der Waals surface area (Å²) in [5.41, 5.74) is 5.57. The number of halogens is 3. The number of rotatable bonds is 3. The smallest absolute Gasteiger partial charge is 0.208 e. The van der Waals surface area contributed by atoms with Crippen LogP contribution in [0, 0.1) is 11.5 Å². The van der Waals surface area contributed by atoms with Crippen molar-refractivity contribution in [3.8, 4) is 11.5 Å². The Morgan fingerprint density at radius 3 is 1.76 bits per heavy atom. The van der Waals surface area contributed by atoms with Gasteiger partial charge in [0.2, 0.25) is 5.28 Å². The van der Waals surface area contributed by atoms with Gasteiger partial charge in [-0.05, 0) is 28.2 Å². The van der Waals surface area contributed by atoms with Gasteiger partial charge in [-0.1, -0.05) is 70.7 Å². The molecule has 0 saturated heterocycles. The first kappa shape index (κ1) is 18.8. The van der Waals surface area contributed by atoms with Gasteiger partial charge in [0.25, 0.3) is 0 Å². The molecular formula is C15H21Cl3N2Si. The van der Waals surface area contributed by atoms with E-state index in [4.69, 9.17) is 34.8 Å². The van der Waals surface area contributed by atoms with Crippen molar-refractivity contribution in [3.63, 3.8) is 0 Å². The maximum absolute atomic E-state index is 6.13. The monoisotopic (exact) mass is 362 g/mol. The van der Waals surface area contributed by atoms with E-state index in [-0.39, 0.29) is 15.5 Å². The van der Waals surface area contributed by atoms with Crippen LogP contribution in [0.4, 0.5) is 0 Å². The van der Waals surface area contributed by atoms with Crippen LogP contribution in [-0.4, -0.2) is 18.0 Å². The van der Waals surface area contributed by atoms with Crippen molar-refractivity contribution < 1.29 is 0 Å². The normalized spacial score (nSPS) is 12.0. The van der Waals surface area contributed by atoms with Gasteiger partial charge in [0.05, 0.1) is 0 Å². The van der Waals surface area contributed by atoms with E-state index in [9.17, 15) is 0 Å². The van der Waals surface area contributed by atoms with Gasteiger partial charge < -0.3 is 0 Å². The molecule has 116 valence electrons. The van der Waals surface area contributed by atoms with Crippen LogP contribution < -0.4 is 0 Å². The van der Waals surface area contributed by atoms with Crippen LogP contribution >= 0.6 is 34.8 Å². The molecule has 1 heterocycles. The first-order valence-electron chi connectivity index (χ1n) is 7.04. The third-order valence-corrected chi connectivity index (χ3v) is 11.2. The van der Waals surface area contributed by atoms with Gasteiger partial charge in [0.1, 0.15) is 18.8 Å². The van der Waals surface area contributed by atoms with Gasteiger partial charge in [0.15, 0.2) is 5.15 Å². The summed E-state index contributed by atoms with van der Waals surface area (Å²) in [5.74, 6) is 3.14. The van der Waals surface area contributed by atoms with Gasteiger partial charge in [-0.2, -0.15) is 0 Å². The predicted octanol–water partition coefficient (Wildman–Crippen LogP) is 6.01. The lowest BCUT2D eigenvalue weighted by Gasteiger charge is -2.38. The van der Waals surface area contributed by atoms with E-state index in [1.54, 1.807) is 0 Å². The molecule has 1 rings (SSSR count). The molecule has 0 aliphatic carbocycles. The highest BCUT2D eigenvalue weighted by Gasteiger charge is 2.41. The summed E-state index contributed by atoms with van der Waals surface area (Å²) in [6.07, 6.45) is 0. The van der Waals surface area contributed by atoms with E-state index in [1.165, 1.54) is 0 Å². The Bertz CT molecular complexity index is 552. The summed E-state index contributed by atoms with van der Waals surface area (Å²) < 4.78 is 0. The van der Waals surface area contributed by atoms with Crippen molar-refractivity contribution in [2.24, 2.45) is 0 Å². The number of nitrogens with zero attached hydrogens (tertiary/aromatic N) is 2. The first-order valence-corrected chi connectivity index (χ1v) is 10.4. The van der Waals surface area contributed by atoms with Gasteiger partial charge in [0, 0.05) is 0 Å². The highest BCUT2D eigenvalue weighted by atomic mass is 35.5. The Balaban J connectivity index is 3.42. The van der Waals surface area contributed by atoms with Crippen LogP contribution in [0.25, 0.3) is 0 Å². The van der Waals surface area contributed by atoms with E-state index >= 15 is 0 Å². The lowest BCUT2D eigenvalue weighted by Crippen LogP contribution is -2.43. The Kier molecular flexibility index (Phi) is 6.55. The fraction of sp³-hybridized carbons (Fsp3) is 0.600. The molecular weight excluding hydrogens is 343 g/mol. The van der Waals surface area contributed by atoms with Crippen LogP contribution in [0.15, 0.2) is 0 Å². The summed E-state index contributed by atoms with van der Waals surface area (Å²) in [4.78, 5) is 7.92. The molecule has 0 aliphatic heterocycles. The van der Waals surface area contributed by atoms with Crippen LogP contribution in [0.1, 0.15) is 47.2 Å². The van der Waals surface area contributed by atoms with Gasteiger partial charge in [-0.3, -0.25) is 0 Å². The maximum atomic E-state index is 6.13. The van der Waals surface area contributed by atoms with Crippen LogP contribution in [0.3, 0.4) is 0 Å². The van der Waals surface area contributed by atoms with Crippen molar-refractivity contribution in [2.75, 3.05) is 0 Å². The van der Waals surface area contributed by atoms with E-state index in [2.05, 4.69) is 63.0 Å². The van der Waals surface area contributed by atoms with E-state index < -0.39 is 8.07 Å². The zero-order valence-corrected chi connectivity index (χ0v) is 16.5. The van der Waals surface area contributed by atoms with Gasteiger partial charge >= 0.3 is 0 Å². The molecule has 0 unspecified atom stereocenters. The van der Waals surface area contributed by atoms with Crippen molar-refractivity contribution in [1.29, 1.82) is 0 Å². The van der Waals surface area contributed by atoms with E-state index in [0.717, 1.165) is 0 Å². The third kappa shape index (κ3) is 3.93. The largest absolute Gasteiger partial charge is 0.225 e. The minimum Gasteiger partial charge on any atom is -0.208 e. The Morgan fingerprint density at radius 2 is 1.33 bits per heavy atom. The molecule has 21 heavy (non-hydrogen) atoms. The Morgan fingerprint density at radius 1 is 0.857 bits per heavy atom. The molecule has 0 atom stereocenters. The molecule has 0 amide bonds. The minimum atomic E-state index is -1.83. The fourth-order valence-corrected chi connectivity index (χ4v) is 8.79. The molecule has 0 spiro atoms. The van der Waals surface area contributed by atoms with Crippen molar-refractivity contribution in [3.05, 3.63) is 21.2 Å². The number of hydrogen-bond acceptors (Lipinski definition) is 2. The molecule has 2 nitrogen and oxygen atoms in total. The van der Waals surface area contributed by atoms with Crippen LogP contribution in [0.5, 0.6) is 0 Å². The number of hydrogen-bond donors (Lipinski definition) is 0. The van der Waals surface area contributed by atoms with Crippen molar-refractivity contribution in [2.45, 2.75) is 58.2 Å². The van der Waals surface area contributed by atoms with E-state index in [1.807, 2.05) is 0 Å². The molecule has 0 N–H and O–H groups in total. The lowest BCUT2D eigenvalue weighted by atomic mass is 10.4. The fourth-order valence-electron chi connectivity index (χ4n) is 3.08. The quantitative estimate of drug-likeness (QED) is 0.284. The lowest BCUT2D eigenvalue weighted by molar-refractivity contribution is 0.838. The summed E-state index contributed by atoms with van der Waals surface area (Å²) in [6, 6.07) is 0. The first-order chi connectivity index (χ1) is 9.62. The summed E-state index contributed by atoms with van der Waals surface area (Å²) in [6.45, 7) is 13.5. The molecule has 0 fully saturated rings. The Labute approximate surface area is 143 Å². The molecule has 1 aromatic rings. The van der Waals surface area contributed by atoms with Crippen molar-refractivity contribution >= 4 is 42.9 Å². The molecule has 0 radical (unpaired) electrons. The van der Waals surface area contributed by atoms with Crippen LogP contribution in [0.2, 0.25) is 32.1 Å². The summed E-state index contributed by atoms with van der Waals surface area (Å²) in [7, 11) is -1.83. The van der Waals surface area contributed by atoms with Crippen molar-refractivity contribution in [1.82, 2.24) is 9.97 Å². The molecule has 0 bridgehead atoms. The second-order valence-electron chi connectivity index (χ2n) is 6.09. The second kappa shape index (κ2) is 7.33. The predicted molar refractivity (Wildman–Crippen MR) is 95.0 cm³/mol. The maximum Gasteiger partial charge on any atom is 0.225 e. The topological polar surface area (TPSA) is 25.8 Å². The van der Waals surface area contributed by atoms with Crippen LogP contribution in [-0.2, 0) is 0 Å². The third-order valence-electron chi connectivity index (χ3n) is 4.05. The molecule has 0 saturated carbocycles. The standard InChI is InChI=1S/C15H21Cl3N2Si/c1-9(2)21(10(3)4,11(5)6)8-7-12-13(16)14(17)20-15(18)19-12/h9-11H,1-6H3. The average Bonchev–Trinajstić information content (AvgIpc) is 2.34. The molecule has 0 aromatic carbocycles. The SMILES string of the molecule is CC(C)[Si](C#Cc1nc(Cl)nc(Cl)c1Cl)(C(C)C)C(C)C. The second-order valence-corrected chi connectivity index (χ2v) is 12.7. The Hall–Kier alpha value is -0.273. The van der Waals surface area contributed by atoms with Gasteiger partial charge in [-0.15, -0.1) is 5.54 Å². The number of aromatic nitrogens is 2.